The van der Waals surface area contributed by atoms with Crippen molar-refractivity contribution in [3.8, 4) is 5.75 Å². The molecule has 0 spiro atoms. The Morgan fingerprint density at radius 1 is 1.06 bits per heavy atom. The Hall–Kier alpha value is -2.99. The number of carboxylic acids is 1. The maximum atomic E-state index is 13.3. The van der Waals surface area contributed by atoms with Crippen LogP contribution in [0.4, 0.5) is 0 Å². The van der Waals surface area contributed by atoms with Crippen LogP contribution in [0.1, 0.15) is 12.0 Å². The lowest BCUT2D eigenvalue weighted by molar-refractivity contribution is -0.142. The number of methoxy groups -OCH3 is 1. The van der Waals surface area contributed by atoms with E-state index >= 15 is 0 Å². The molecule has 2 N–H and O–H groups in total. The number of rotatable bonds is 8. The van der Waals surface area contributed by atoms with Gasteiger partial charge in [0.2, 0.25) is 20.0 Å². The Kier molecular flexibility index (Phi) is 7.69. The largest absolute Gasteiger partial charge is 0.497 e. The van der Waals surface area contributed by atoms with Gasteiger partial charge >= 0.3 is 5.97 Å². The van der Waals surface area contributed by atoms with Gasteiger partial charge in [-0.15, -0.1) is 0 Å². The van der Waals surface area contributed by atoms with Crippen LogP contribution < -0.4 is 9.46 Å². The molecule has 2 atom stereocenters. The molecular weight excluding hydrogens is 468 g/mol. The molecule has 0 saturated heterocycles. The molecule has 0 aliphatic carbocycles. The average molecular weight is 493 g/mol. The van der Waals surface area contributed by atoms with Gasteiger partial charge in [-0.05, 0) is 42.3 Å². The molecule has 1 aliphatic rings. The van der Waals surface area contributed by atoms with E-state index in [4.69, 9.17) is 4.74 Å². The van der Waals surface area contributed by atoms with Crippen molar-refractivity contribution in [1.82, 2.24) is 9.03 Å². The normalized spacial score (nSPS) is 19.9. The molecular formula is C22H24N2O7S2. The SMILES string of the molecule is COc1ccc(S(=O)(=O)N2CC=CCC(NS(=O)(=O)/C=C/c3ccccc3)C2C(=O)O)cc1. The van der Waals surface area contributed by atoms with Crippen molar-refractivity contribution in [3.63, 3.8) is 0 Å². The van der Waals surface area contributed by atoms with Gasteiger partial charge in [0, 0.05) is 12.0 Å². The molecule has 2 aromatic carbocycles. The Balaban J connectivity index is 1.91. The fourth-order valence-corrected chi connectivity index (χ4v) is 6.02. The van der Waals surface area contributed by atoms with Crippen molar-refractivity contribution in [2.45, 2.75) is 23.4 Å². The summed E-state index contributed by atoms with van der Waals surface area (Å²) in [6.07, 6.45) is 4.44. The fourth-order valence-electron chi connectivity index (χ4n) is 3.39. The number of benzene rings is 2. The topological polar surface area (TPSA) is 130 Å². The van der Waals surface area contributed by atoms with Gasteiger partial charge in [-0.3, -0.25) is 4.79 Å². The van der Waals surface area contributed by atoms with E-state index in [0.29, 0.717) is 11.3 Å². The van der Waals surface area contributed by atoms with Gasteiger partial charge in [-0.1, -0.05) is 42.5 Å². The predicted molar refractivity (Wildman–Crippen MR) is 123 cm³/mol. The van der Waals surface area contributed by atoms with E-state index in [-0.39, 0.29) is 17.9 Å². The summed E-state index contributed by atoms with van der Waals surface area (Å²) in [5.41, 5.74) is 0.641. The number of hydrogen-bond donors (Lipinski definition) is 2. The molecule has 0 amide bonds. The summed E-state index contributed by atoms with van der Waals surface area (Å²) in [5.74, 6) is -1.02. The van der Waals surface area contributed by atoms with Gasteiger partial charge < -0.3 is 9.84 Å². The van der Waals surface area contributed by atoms with Crippen molar-refractivity contribution in [1.29, 1.82) is 0 Å². The summed E-state index contributed by atoms with van der Waals surface area (Å²) in [6.45, 7) is -0.219. The highest BCUT2D eigenvalue weighted by molar-refractivity contribution is 7.92. The molecule has 176 valence electrons. The van der Waals surface area contributed by atoms with Crippen molar-refractivity contribution in [3.05, 3.63) is 77.7 Å². The van der Waals surface area contributed by atoms with E-state index in [0.717, 1.165) is 9.71 Å². The zero-order chi connectivity index (χ0) is 24.1. The third-order valence-corrected chi connectivity index (χ3v) is 7.99. The molecule has 2 unspecified atom stereocenters. The first kappa shape index (κ1) is 24.6. The average Bonchev–Trinajstić information content (AvgIpc) is 3.01. The van der Waals surface area contributed by atoms with Gasteiger partial charge in [-0.25, -0.2) is 21.6 Å². The fraction of sp³-hybridized carbons (Fsp3) is 0.227. The molecule has 0 aromatic heterocycles. The summed E-state index contributed by atoms with van der Waals surface area (Å²) in [4.78, 5) is 12.0. The van der Waals surface area contributed by atoms with Crippen LogP contribution in [0.5, 0.6) is 5.75 Å². The Morgan fingerprint density at radius 2 is 1.73 bits per heavy atom. The minimum absolute atomic E-state index is 0.00397. The quantitative estimate of drug-likeness (QED) is 0.540. The Bertz CT molecular complexity index is 1240. The van der Waals surface area contributed by atoms with E-state index in [1.54, 1.807) is 36.4 Å². The summed E-state index contributed by atoms with van der Waals surface area (Å²) >= 11 is 0. The Morgan fingerprint density at radius 3 is 2.33 bits per heavy atom. The lowest BCUT2D eigenvalue weighted by Crippen LogP contribution is -2.56. The van der Waals surface area contributed by atoms with Crippen molar-refractivity contribution >= 4 is 32.1 Å². The number of carboxylic acid groups (broad SMARTS) is 1. The molecule has 0 bridgehead atoms. The highest BCUT2D eigenvalue weighted by Crippen LogP contribution is 2.25. The van der Waals surface area contributed by atoms with Gasteiger partial charge in [0.15, 0.2) is 0 Å². The van der Waals surface area contributed by atoms with Crippen LogP contribution in [-0.4, -0.2) is 58.0 Å². The third-order valence-electron chi connectivity index (χ3n) is 5.01. The highest BCUT2D eigenvalue weighted by Gasteiger charge is 2.42. The van der Waals surface area contributed by atoms with Gasteiger partial charge in [0.1, 0.15) is 11.8 Å². The number of nitrogens with zero attached hydrogens (tertiary/aromatic N) is 1. The second-order valence-electron chi connectivity index (χ2n) is 7.22. The van der Waals surface area contributed by atoms with Crippen LogP contribution in [-0.2, 0) is 24.8 Å². The molecule has 0 radical (unpaired) electrons. The zero-order valence-corrected chi connectivity index (χ0v) is 19.4. The van der Waals surface area contributed by atoms with E-state index in [1.807, 2.05) is 0 Å². The third kappa shape index (κ3) is 6.08. The van der Waals surface area contributed by atoms with Crippen LogP contribution in [0.25, 0.3) is 6.08 Å². The van der Waals surface area contributed by atoms with E-state index in [9.17, 15) is 26.7 Å². The highest BCUT2D eigenvalue weighted by atomic mass is 32.2. The number of carbonyl (C=O) groups is 1. The van der Waals surface area contributed by atoms with Crippen LogP contribution in [0.3, 0.4) is 0 Å². The van der Waals surface area contributed by atoms with Crippen molar-refractivity contribution < 1.29 is 31.5 Å². The minimum Gasteiger partial charge on any atom is -0.497 e. The summed E-state index contributed by atoms with van der Waals surface area (Å²) in [6, 6.07) is 11.3. The van der Waals surface area contributed by atoms with Gasteiger partial charge in [-0.2, -0.15) is 4.31 Å². The molecule has 1 heterocycles. The lowest BCUT2D eigenvalue weighted by Gasteiger charge is -2.31. The lowest BCUT2D eigenvalue weighted by atomic mass is 10.1. The summed E-state index contributed by atoms with van der Waals surface area (Å²) in [7, 11) is -6.89. The molecule has 9 nitrogen and oxygen atoms in total. The number of ether oxygens (including phenoxy) is 1. The zero-order valence-electron chi connectivity index (χ0n) is 17.7. The number of aliphatic carboxylic acids is 1. The maximum absolute atomic E-state index is 13.3. The predicted octanol–water partition coefficient (Wildman–Crippen LogP) is 2.06. The van der Waals surface area contributed by atoms with Gasteiger partial charge in [0.25, 0.3) is 0 Å². The molecule has 3 rings (SSSR count). The Labute approximate surface area is 193 Å². The molecule has 33 heavy (non-hydrogen) atoms. The monoisotopic (exact) mass is 492 g/mol. The molecule has 2 aromatic rings. The first-order valence-corrected chi connectivity index (χ1v) is 12.9. The second-order valence-corrected chi connectivity index (χ2v) is 10.7. The summed E-state index contributed by atoms with van der Waals surface area (Å²) < 4.78 is 60.0. The number of hydrogen-bond acceptors (Lipinski definition) is 6. The van der Waals surface area contributed by atoms with E-state index in [1.165, 1.54) is 43.5 Å². The van der Waals surface area contributed by atoms with Crippen LogP contribution in [0, 0.1) is 0 Å². The molecule has 1 aliphatic heterocycles. The number of nitrogens with one attached hydrogen (secondary N) is 1. The van der Waals surface area contributed by atoms with Crippen LogP contribution >= 0.6 is 0 Å². The van der Waals surface area contributed by atoms with E-state index < -0.39 is 38.1 Å². The standard InChI is InChI=1S/C22H24N2O7S2/c1-31-18-10-12-19(13-11-18)33(29,30)24-15-6-5-9-20(21(24)22(25)26)23-32(27,28)16-14-17-7-3-2-4-8-17/h2-8,10-14,16,20-21,23H,9,15H2,1H3,(H,25,26)/b16-14+. The molecule has 0 fully saturated rings. The molecule has 0 saturated carbocycles. The minimum atomic E-state index is -4.26. The van der Waals surface area contributed by atoms with Crippen LogP contribution in [0.15, 0.2) is 77.1 Å². The maximum Gasteiger partial charge on any atom is 0.323 e. The molecule has 11 heteroatoms. The summed E-state index contributed by atoms with van der Waals surface area (Å²) in [5, 5.41) is 10.8. The van der Waals surface area contributed by atoms with E-state index in [2.05, 4.69) is 4.72 Å². The first-order chi connectivity index (χ1) is 15.6. The first-order valence-electron chi connectivity index (χ1n) is 9.93. The van der Waals surface area contributed by atoms with Crippen LogP contribution in [0.2, 0.25) is 0 Å². The smallest absolute Gasteiger partial charge is 0.323 e. The van der Waals surface area contributed by atoms with Crippen molar-refractivity contribution in [2.24, 2.45) is 0 Å². The number of sulfonamides is 2. The second kappa shape index (κ2) is 10.3. The van der Waals surface area contributed by atoms with Crippen molar-refractivity contribution in [2.75, 3.05) is 13.7 Å². The van der Waals surface area contributed by atoms with Gasteiger partial charge in [0.05, 0.1) is 18.0 Å².